The number of carbonyl (C=O) groups excluding carboxylic acids is 1. The highest BCUT2D eigenvalue weighted by molar-refractivity contribution is 7.15. The van der Waals surface area contributed by atoms with Crippen molar-refractivity contribution in [1.29, 1.82) is 0 Å². The highest BCUT2D eigenvalue weighted by atomic mass is 32.1. The lowest BCUT2D eigenvalue weighted by atomic mass is 9.97. The van der Waals surface area contributed by atoms with Gasteiger partial charge in [-0.15, -0.1) is 11.3 Å². The zero-order valence-corrected chi connectivity index (χ0v) is 19.1. The molecule has 0 spiro atoms. The zero-order valence-electron chi connectivity index (χ0n) is 18.3. The summed E-state index contributed by atoms with van der Waals surface area (Å²) in [5.74, 6) is -0.196. The minimum Gasteiger partial charge on any atom is -0.497 e. The van der Waals surface area contributed by atoms with Crippen LogP contribution < -0.4 is 19.8 Å². The number of amides is 1. The summed E-state index contributed by atoms with van der Waals surface area (Å²) in [4.78, 5) is 34.2. The average Bonchev–Trinajstić information content (AvgIpc) is 3.29. The standard InChI is InChI=1S/C24H19FN2O5S/c1-11-12(2)33-24(26-11)27-20(15-10-14(30-3)6-8-17(15)31-4)19-21(28)16-9-13(25)5-7-18(16)32-22(19)23(27)29/h5-10,20H,1-4H3. The lowest BCUT2D eigenvalue weighted by Crippen LogP contribution is -2.29. The van der Waals surface area contributed by atoms with E-state index in [2.05, 4.69) is 4.98 Å². The van der Waals surface area contributed by atoms with E-state index in [1.165, 1.54) is 42.6 Å². The molecule has 2 aromatic heterocycles. The Labute approximate surface area is 192 Å². The van der Waals surface area contributed by atoms with E-state index >= 15 is 0 Å². The number of benzene rings is 2. The van der Waals surface area contributed by atoms with Gasteiger partial charge < -0.3 is 13.9 Å². The minimum atomic E-state index is -0.897. The molecule has 168 valence electrons. The molecule has 0 bridgehead atoms. The molecule has 3 heterocycles. The molecule has 33 heavy (non-hydrogen) atoms. The largest absolute Gasteiger partial charge is 0.497 e. The number of nitrogens with zero attached hydrogens (tertiary/aromatic N) is 2. The monoisotopic (exact) mass is 466 g/mol. The summed E-state index contributed by atoms with van der Waals surface area (Å²) in [7, 11) is 3.03. The summed E-state index contributed by atoms with van der Waals surface area (Å²) >= 11 is 1.34. The van der Waals surface area contributed by atoms with Crippen LogP contribution >= 0.6 is 11.3 Å². The predicted molar refractivity (Wildman–Crippen MR) is 122 cm³/mol. The van der Waals surface area contributed by atoms with Gasteiger partial charge in [-0.3, -0.25) is 14.5 Å². The highest BCUT2D eigenvalue weighted by Crippen LogP contribution is 2.46. The number of thiazole rings is 1. The number of fused-ring (bicyclic) bond motifs is 2. The van der Waals surface area contributed by atoms with Gasteiger partial charge in [-0.1, -0.05) is 0 Å². The van der Waals surface area contributed by atoms with Crippen LogP contribution in [0.15, 0.2) is 45.6 Å². The van der Waals surface area contributed by atoms with Gasteiger partial charge in [0.15, 0.2) is 10.6 Å². The van der Waals surface area contributed by atoms with E-state index in [-0.39, 0.29) is 22.3 Å². The van der Waals surface area contributed by atoms with Gasteiger partial charge in [-0.05, 0) is 50.2 Å². The van der Waals surface area contributed by atoms with Crippen molar-refractivity contribution < 1.29 is 23.1 Å². The molecule has 0 saturated carbocycles. The van der Waals surface area contributed by atoms with Crippen LogP contribution in [-0.4, -0.2) is 25.1 Å². The number of hydrogen-bond acceptors (Lipinski definition) is 7. The van der Waals surface area contributed by atoms with E-state index in [9.17, 15) is 14.0 Å². The van der Waals surface area contributed by atoms with Crippen LogP contribution in [0.25, 0.3) is 11.0 Å². The molecule has 4 aromatic rings. The van der Waals surface area contributed by atoms with Crippen molar-refractivity contribution in [1.82, 2.24) is 4.98 Å². The molecule has 1 amide bonds. The first kappa shape index (κ1) is 21.1. The number of carbonyl (C=O) groups is 1. The topological polar surface area (TPSA) is 81.9 Å². The molecule has 2 aromatic carbocycles. The Balaban J connectivity index is 1.86. The van der Waals surface area contributed by atoms with Crippen molar-refractivity contribution >= 4 is 33.3 Å². The highest BCUT2D eigenvalue weighted by Gasteiger charge is 2.46. The quantitative estimate of drug-likeness (QED) is 0.431. The summed E-state index contributed by atoms with van der Waals surface area (Å²) in [5, 5.41) is 0.479. The fourth-order valence-electron chi connectivity index (χ4n) is 4.05. The van der Waals surface area contributed by atoms with E-state index in [0.29, 0.717) is 22.2 Å². The Morgan fingerprint density at radius 3 is 2.55 bits per heavy atom. The van der Waals surface area contributed by atoms with Gasteiger partial charge >= 0.3 is 0 Å². The van der Waals surface area contributed by atoms with Crippen LogP contribution in [0.5, 0.6) is 11.5 Å². The van der Waals surface area contributed by atoms with Gasteiger partial charge in [0, 0.05) is 10.4 Å². The predicted octanol–water partition coefficient (Wildman–Crippen LogP) is 4.77. The maximum atomic E-state index is 14.0. The lowest BCUT2D eigenvalue weighted by molar-refractivity contribution is 0.0970. The second kappa shape index (κ2) is 7.70. The first-order valence-corrected chi connectivity index (χ1v) is 10.9. The molecule has 1 atom stereocenters. The van der Waals surface area contributed by atoms with E-state index in [1.54, 1.807) is 18.2 Å². The van der Waals surface area contributed by atoms with E-state index in [4.69, 9.17) is 13.9 Å². The van der Waals surface area contributed by atoms with Gasteiger partial charge in [-0.2, -0.15) is 0 Å². The van der Waals surface area contributed by atoms with E-state index in [0.717, 1.165) is 16.6 Å². The maximum absolute atomic E-state index is 14.0. The summed E-state index contributed by atoms with van der Waals surface area (Å²) in [6, 6.07) is 7.89. The Morgan fingerprint density at radius 2 is 1.88 bits per heavy atom. The van der Waals surface area contributed by atoms with Crippen LogP contribution in [0.4, 0.5) is 9.52 Å². The molecule has 1 aliphatic rings. The van der Waals surface area contributed by atoms with Gasteiger partial charge in [-0.25, -0.2) is 9.37 Å². The number of anilines is 1. The van der Waals surface area contributed by atoms with Gasteiger partial charge in [0.05, 0.1) is 30.9 Å². The molecule has 0 aliphatic carbocycles. The average molecular weight is 466 g/mol. The number of methoxy groups -OCH3 is 2. The Hall–Kier alpha value is -3.72. The van der Waals surface area contributed by atoms with Crippen LogP contribution in [-0.2, 0) is 0 Å². The third kappa shape index (κ3) is 3.19. The van der Waals surface area contributed by atoms with Crippen molar-refractivity contribution in [2.45, 2.75) is 19.9 Å². The van der Waals surface area contributed by atoms with Crippen molar-refractivity contribution in [3.8, 4) is 11.5 Å². The molecule has 1 aliphatic heterocycles. The molecule has 5 rings (SSSR count). The summed E-state index contributed by atoms with van der Waals surface area (Å²) in [6.45, 7) is 3.76. The fraction of sp³-hybridized carbons (Fsp3) is 0.208. The third-order valence-corrected chi connectivity index (χ3v) is 6.86. The normalized spacial score (nSPS) is 15.2. The summed E-state index contributed by atoms with van der Waals surface area (Å²) in [6.07, 6.45) is 0. The number of aromatic nitrogens is 1. The number of aryl methyl sites for hydroxylation is 2. The second-order valence-corrected chi connectivity index (χ2v) is 8.82. The van der Waals surface area contributed by atoms with Crippen LogP contribution in [0.3, 0.4) is 0 Å². The second-order valence-electron chi connectivity index (χ2n) is 7.64. The van der Waals surface area contributed by atoms with Gasteiger partial charge in [0.2, 0.25) is 5.76 Å². The first-order valence-electron chi connectivity index (χ1n) is 10.1. The molecule has 7 nitrogen and oxygen atoms in total. The first-order chi connectivity index (χ1) is 15.8. The molecule has 1 unspecified atom stereocenters. The maximum Gasteiger partial charge on any atom is 0.297 e. The number of halogens is 1. The van der Waals surface area contributed by atoms with Crippen LogP contribution in [0.1, 0.15) is 38.3 Å². The molecule has 0 N–H and O–H groups in total. The van der Waals surface area contributed by atoms with Crippen molar-refractivity contribution in [2.75, 3.05) is 19.1 Å². The number of rotatable bonds is 4. The van der Waals surface area contributed by atoms with Crippen molar-refractivity contribution in [2.24, 2.45) is 0 Å². The minimum absolute atomic E-state index is 0.0572. The third-order valence-electron chi connectivity index (χ3n) is 5.79. The van der Waals surface area contributed by atoms with Crippen molar-refractivity contribution in [3.63, 3.8) is 0 Å². The number of ether oxygens (including phenoxy) is 2. The molecule has 0 saturated heterocycles. The summed E-state index contributed by atoms with van der Waals surface area (Å²) < 4.78 is 30.8. The molecule has 9 heteroatoms. The lowest BCUT2D eigenvalue weighted by Gasteiger charge is -2.24. The SMILES string of the molecule is COc1ccc(OC)c(C2c3c(oc4ccc(F)cc4c3=O)C(=O)N2c2nc(C)c(C)s2)c1. The Kier molecular flexibility index (Phi) is 4.93. The number of hydrogen-bond donors (Lipinski definition) is 0. The van der Waals surface area contributed by atoms with Crippen LogP contribution in [0.2, 0.25) is 0 Å². The van der Waals surface area contributed by atoms with Gasteiger partial charge in [0.1, 0.15) is 28.9 Å². The van der Waals surface area contributed by atoms with E-state index < -0.39 is 23.2 Å². The van der Waals surface area contributed by atoms with Crippen LogP contribution in [0, 0.1) is 19.7 Å². The van der Waals surface area contributed by atoms with E-state index in [1.807, 2.05) is 13.8 Å². The van der Waals surface area contributed by atoms with Gasteiger partial charge in [0.25, 0.3) is 5.91 Å². The fourth-order valence-corrected chi connectivity index (χ4v) is 4.99. The zero-order chi connectivity index (χ0) is 23.4. The molecular weight excluding hydrogens is 447 g/mol. The smallest absolute Gasteiger partial charge is 0.297 e. The summed E-state index contributed by atoms with van der Waals surface area (Å²) in [5.41, 5.74) is 1.06. The molecular formula is C24H19FN2O5S. The molecule has 0 fully saturated rings. The Morgan fingerprint density at radius 1 is 1.09 bits per heavy atom. The van der Waals surface area contributed by atoms with Crippen molar-refractivity contribution in [3.05, 3.63) is 79.9 Å². The molecule has 0 radical (unpaired) electrons. The Bertz CT molecular complexity index is 1470.